The fourth-order valence-electron chi connectivity index (χ4n) is 4.02. The van der Waals surface area contributed by atoms with Gasteiger partial charge in [0, 0.05) is 39.6 Å². The Morgan fingerprint density at radius 2 is 1.77 bits per heavy atom. The molecule has 1 saturated heterocycles. The summed E-state index contributed by atoms with van der Waals surface area (Å²) in [7, 11) is 1.61. The molecule has 31 heavy (non-hydrogen) atoms. The Hall–Kier alpha value is -3.36. The summed E-state index contributed by atoms with van der Waals surface area (Å²) in [4.78, 5) is 48.2. The lowest BCUT2D eigenvalue weighted by Crippen LogP contribution is -2.49. The average Bonchev–Trinajstić information content (AvgIpc) is 3.14. The number of aromatic amines is 1. The van der Waals surface area contributed by atoms with E-state index in [4.69, 9.17) is 4.98 Å². The second-order valence-corrected chi connectivity index (χ2v) is 8.09. The lowest BCUT2D eigenvalue weighted by Gasteiger charge is -2.35. The summed E-state index contributed by atoms with van der Waals surface area (Å²) in [5.74, 6) is 0.819. The Morgan fingerprint density at radius 3 is 2.42 bits per heavy atom. The molecular formula is C22H28N6O3. The van der Waals surface area contributed by atoms with E-state index in [0.29, 0.717) is 56.3 Å². The summed E-state index contributed by atoms with van der Waals surface area (Å²) in [6.07, 6.45) is 1.39. The van der Waals surface area contributed by atoms with E-state index >= 15 is 0 Å². The van der Waals surface area contributed by atoms with E-state index in [1.54, 1.807) is 7.05 Å². The molecule has 0 bridgehead atoms. The van der Waals surface area contributed by atoms with E-state index in [9.17, 15) is 14.4 Å². The summed E-state index contributed by atoms with van der Waals surface area (Å²) in [5, 5.41) is 0. The number of benzene rings is 1. The Morgan fingerprint density at radius 1 is 1.10 bits per heavy atom. The predicted octanol–water partition coefficient (Wildman–Crippen LogP) is 1.23. The van der Waals surface area contributed by atoms with Crippen molar-refractivity contribution in [3.05, 3.63) is 56.2 Å². The third kappa shape index (κ3) is 3.99. The van der Waals surface area contributed by atoms with Gasteiger partial charge in [0.1, 0.15) is 0 Å². The number of nitrogens with one attached hydrogen (secondary N) is 1. The molecule has 0 atom stereocenters. The molecule has 3 aromatic rings. The lowest BCUT2D eigenvalue weighted by molar-refractivity contribution is -0.131. The molecule has 4 rings (SSSR count). The van der Waals surface area contributed by atoms with Gasteiger partial charge >= 0.3 is 5.69 Å². The van der Waals surface area contributed by atoms with Gasteiger partial charge in [-0.3, -0.25) is 23.7 Å². The monoisotopic (exact) mass is 424 g/mol. The molecule has 1 aromatic carbocycles. The summed E-state index contributed by atoms with van der Waals surface area (Å²) >= 11 is 0. The highest BCUT2D eigenvalue weighted by molar-refractivity contribution is 5.77. The first kappa shape index (κ1) is 20.9. The van der Waals surface area contributed by atoms with Gasteiger partial charge in [0.2, 0.25) is 11.9 Å². The van der Waals surface area contributed by atoms with Crippen LogP contribution in [0, 0.1) is 6.92 Å². The molecule has 1 N–H and O–H groups in total. The number of aromatic nitrogens is 4. The molecule has 1 aliphatic heterocycles. The number of aryl methyl sites for hydroxylation is 2. The summed E-state index contributed by atoms with van der Waals surface area (Å²) in [6, 6.07) is 8.13. The van der Waals surface area contributed by atoms with Crippen LogP contribution in [0.2, 0.25) is 0 Å². The van der Waals surface area contributed by atoms with Crippen molar-refractivity contribution in [3.63, 3.8) is 0 Å². The predicted molar refractivity (Wildman–Crippen MR) is 120 cm³/mol. The number of piperazine rings is 1. The van der Waals surface area contributed by atoms with Crippen molar-refractivity contribution in [3.8, 4) is 0 Å². The molecule has 9 nitrogen and oxygen atoms in total. The van der Waals surface area contributed by atoms with Crippen molar-refractivity contribution >= 4 is 23.0 Å². The van der Waals surface area contributed by atoms with Gasteiger partial charge in [-0.05, 0) is 18.9 Å². The Kier molecular flexibility index (Phi) is 5.67. The molecule has 0 radical (unpaired) electrons. The van der Waals surface area contributed by atoms with E-state index in [1.807, 2.05) is 47.6 Å². The normalized spacial score (nSPS) is 14.4. The van der Waals surface area contributed by atoms with Crippen LogP contribution in [0.3, 0.4) is 0 Å². The molecule has 2 aromatic heterocycles. The SMILES string of the molecule is CCCC(=O)N1CCN(c2nc3c(c(=O)[nH]c(=O)n3C)n2Cc2ccc(C)cc2)CC1. The van der Waals surface area contributed by atoms with Crippen LogP contribution in [0.4, 0.5) is 5.95 Å². The molecule has 0 saturated carbocycles. The minimum Gasteiger partial charge on any atom is -0.339 e. The van der Waals surface area contributed by atoms with Crippen molar-refractivity contribution in [2.45, 2.75) is 33.2 Å². The lowest BCUT2D eigenvalue weighted by atomic mass is 10.1. The minimum absolute atomic E-state index is 0.175. The van der Waals surface area contributed by atoms with Crippen molar-refractivity contribution in [2.75, 3.05) is 31.1 Å². The standard InChI is InChI=1S/C22H28N6O3/c1-4-5-17(29)26-10-12-27(13-11-26)21-23-19-18(20(30)24-22(31)25(19)3)28(21)14-16-8-6-15(2)7-9-16/h6-9H,4-5,10-14H2,1-3H3,(H,24,30,31). The highest BCUT2D eigenvalue weighted by atomic mass is 16.2. The number of imidazole rings is 1. The van der Waals surface area contributed by atoms with Crippen LogP contribution in [0.25, 0.3) is 11.2 Å². The van der Waals surface area contributed by atoms with Crippen LogP contribution in [-0.2, 0) is 18.4 Å². The molecule has 1 fully saturated rings. The maximum absolute atomic E-state index is 12.7. The largest absolute Gasteiger partial charge is 0.339 e. The topological polar surface area (TPSA) is 96.2 Å². The Labute approximate surface area is 179 Å². The number of rotatable bonds is 5. The number of hydrogen-bond acceptors (Lipinski definition) is 5. The summed E-state index contributed by atoms with van der Waals surface area (Å²) in [6.45, 7) is 6.97. The Balaban J connectivity index is 1.74. The van der Waals surface area contributed by atoms with E-state index in [-0.39, 0.29) is 5.91 Å². The summed E-state index contributed by atoms with van der Waals surface area (Å²) in [5.41, 5.74) is 2.01. The zero-order chi connectivity index (χ0) is 22.1. The highest BCUT2D eigenvalue weighted by Gasteiger charge is 2.26. The number of carbonyl (C=O) groups is 1. The first-order valence-corrected chi connectivity index (χ1v) is 10.7. The number of amides is 1. The number of anilines is 1. The van der Waals surface area contributed by atoms with Gasteiger partial charge in [-0.25, -0.2) is 4.79 Å². The summed E-state index contributed by atoms with van der Waals surface area (Å²) < 4.78 is 3.24. The average molecular weight is 425 g/mol. The van der Waals surface area contributed by atoms with Crippen molar-refractivity contribution in [2.24, 2.45) is 7.05 Å². The second kappa shape index (κ2) is 8.41. The smallest absolute Gasteiger partial charge is 0.329 e. The third-order valence-corrected chi connectivity index (χ3v) is 5.83. The van der Waals surface area contributed by atoms with Gasteiger partial charge in [-0.1, -0.05) is 36.8 Å². The van der Waals surface area contributed by atoms with Crippen LogP contribution in [-0.4, -0.2) is 56.1 Å². The van der Waals surface area contributed by atoms with Crippen LogP contribution < -0.4 is 16.1 Å². The van der Waals surface area contributed by atoms with Crippen molar-refractivity contribution in [1.82, 2.24) is 24.0 Å². The van der Waals surface area contributed by atoms with Gasteiger partial charge in [-0.15, -0.1) is 0 Å². The van der Waals surface area contributed by atoms with Gasteiger partial charge in [0.05, 0.1) is 6.54 Å². The van der Waals surface area contributed by atoms with Crippen LogP contribution in [0.1, 0.15) is 30.9 Å². The van der Waals surface area contributed by atoms with Crippen LogP contribution in [0.5, 0.6) is 0 Å². The minimum atomic E-state index is -0.487. The molecule has 0 aliphatic carbocycles. The van der Waals surface area contributed by atoms with Gasteiger partial charge in [0.15, 0.2) is 11.2 Å². The van der Waals surface area contributed by atoms with Gasteiger partial charge in [0.25, 0.3) is 5.56 Å². The molecule has 0 unspecified atom stereocenters. The fraction of sp³-hybridized carbons (Fsp3) is 0.455. The van der Waals surface area contributed by atoms with Crippen LogP contribution >= 0.6 is 0 Å². The maximum Gasteiger partial charge on any atom is 0.329 e. The van der Waals surface area contributed by atoms with Crippen molar-refractivity contribution in [1.29, 1.82) is 0 Å². The first-order valence-electron chi connectivity index (χ1n) is 10.7. The van der Waals surface area contributed by atoms with E-state index < -0.39 is 11.2 Å². The molecule has 3 heterocycles. The zero-order valence-electron chi connectivity index (χ0n) is 18.2. The van der Waals surface area contributed by atoms with Gasteiger partial charge < -0.3 is 9.80 Å². The number of hydrogen-bond donors (Lipinski definition) is 1. The number of fused-ring (bicyclic) bond motifs is 1. The molecule has 1 amide bonds. The highest BCUT2D eigenvalue weighted by Crippen LogP contribution is 2.23. The van der Waals surface area contributed by atoms with E-state index in [1.165, 1.54) is 4.57 Å². The second-order valence-electron chi connectivity index (χ2n) is 8.09. The molecular weight excluding hydrogens is 396 g/mol. The quantitative estimate of drug-likeness (QED) is 0.665. The first-order chi connectivity index (χ1) is 14.9. The Bertz CT molecular complexity index is 1210. The fourth-order valence-corrected chi connectivity index (χ4v) is 4.02. The number of H-pyrrole nitrogens is 1. The zero-order valence-corrected chi connectivity index (χ0v) is 18.2. The van der Waals surface area contributed by atoms with Crippen molar-refractivity contribution < 1.29 is 4.79 Å². The third-order valence-electron chi connectivity index (χ3n) is 5.83. The molecule has 164 valence electrons. The van der Waals surface area contributed by atoms with Gasteiger partial charge in [-0.2, -0.15) is 4.98 Å². The molecule has 9 heteroatoms. The number of nitrogens with zero attached hydrogens (tertiary/aromatic N) is 5. The van der Waals surface area contributed by atoms with Crippen LogP contribution in [0.15, 0.2) is 33.9 Å². The van der Waals surface area contributed by atoms with E-state index in [0.717, 1.165) is 17.5 Å². The molecule has 1 aliphatic rings. The maximum atomic E-state index is 12.7. The molecule has 0 spiro atoms. The van der Waals surface area contributed by atoms with E-state index in [2.05, 4.69) is 9.88 Å². The number of carbonyl (C=O) groups excluding carboxylic acids is 1.